The van der Waals surface area contributed by atoms with Crippen LogP contribution in [0.5, 0.6) is 5.75 Å². The zero-order valence-corrected chi connectivity index (χ0v) is 11.7. The number of nitrogens with zero attached hydrogens (tertiary/aromatic N) is 1. The van der Waals surface area contributed by atoms with Gasteiger partial charge in [0.05, 0.1) is 10.9 Å². The summed E-state index contributed by atoms with van der Waals surface area (Å²) in [4.78, 5) is 4.33. The minimum Gasteiger partial charge on any atom is -0.449 e. The second-order valence-corrected chi connectivity index (χ2v) is 4.79. The van der Waals surface area contributed by atoms with Crippen LogP contribution < -0.4 is 4.74 Å². The van der Waals surface area contributed by atoms with Gasteiger partial charge in [0.2, 0.25) is 0 Å². The SMILES string of the molecule is CCc1nc2ccc(F)c(F)c2c(OC(C)=S)c1C. The Bertz CT molecular complexity index is 670. The summed E-state index contributed by atoms with van der Waals surface area (Å²) in [5.74, 6) is -1.63. The normalized spacial score (nSPS) is 10.8. The molecule has 2 nitrogen and oxygen atoms in total. The van der Waals surface area contributed by atoms with Crippen molar-refractivity contribution in [3.63, 3.8) is 0 Å². The summed E-state index contributed by atoms with van der Waals surface area (Å²) in [7, 11) is 0. The van der Waals surface area contributed by atoms with E-state index in [9.17, 15) is 8.78 Å². The monoisotopic (exact) mass is 281 g/mol. The molecule has 0 fully saturated rings. The molecule has 0 saturated carbocycles. The zero-order chi connectivity index (χ0) is 14.2. The molecule has 0 unspecified atom stereocenters. The van der Waals surface area contributed by atoms with Gasteiger partial charge >= 0.3 is 0 Å². The second-order valence-electron chi connectivity index (χ2n) is 4.22. The van der Waals surface area contributed by atoms with E-state index < -0.39 is 11.6 Å². The minimum absolute atomic E-state index is 0.0406. The third-order valence-corrected chi connectivity index (χ3v) is 2.99. The van der Waals surface area contributed by atoms with Crippen LogP contribution >= 0.6 is 12.2 Å². The van der Waals surface area contributed by atoms with E-state index in [0.717, 1.165) is 11.8 Å². The lowest BCUT2D eigenvalue weighted by Gasteiger charge is -2.14. The first-order valence-electron chi connectivity index (χ1n) is 5.91. The number of thiocarbonyl (C=S) groups is 1. The van der Waals surface area contributed by atoms with E-state index in [1.54, 1.807) is 13.8 Å². The number of aromatic nitrogens is 1. The van der Waals surface area contributed by atoms with Gasteiger partial charge in [0.1, 0.15) is 5.75 Å². The Labute approximate surface area is 115 Å². The van der Waals surface area contributed by atoms with Gasteiger partial charge in [-0.25, -0.2) is 8.78 Å². The lowest BCUT2D eigenvalue weighted by molar-refractivity contribution is 0.508. The van der Waals surface area contributed by atoms with Crippen LogP contribution in [0.2, 0.25) is 0 Å². The van der Waals surface area contributed by atoms with Gasteiger partial charge in [-0.1, -0.05) is 6.92 Å². The highest BCUT2D eigenvalue weighted by Gasteiger charge is 2.18. The van der Waals surface area contributed by atoms with Crippen LogP contribution in [-0.4, -0.2) is 10.0 Å². The molecule has 19 heavy (non-hydrogen) atoms. The lowest BCUT2D eigenvalue weighted by atomic mass is 10.1. The van der Waals surface area contributed by atoms with Crippen LogP contribution in [-0.2, 0) is 6.42 Å². The summed E-state index contributed by atoms with van der Waals surface area (Å²) in [6.07, 6.45) is 0.674. The topological polar surface area (TPSA) is 22.1 Å². The summed E-state index contributed by atoms with van der Waals surface area (Å²) in [6, 6.07) is 2.51. The summed E-state index contributed by atoms with van der Waals surface area (Å²) < 4.78 is 32.8. The number of hydrogen-bond acceptors (Lipinski definition) is 3. The van der Waals surface area contributed by atoms with Gasteiger partial charge in [0.15, 0.2) is 16.7 Å². The first-order valence-corrected chi connectivity index (χ1v) is 6.32. The van der Waals surface area contributed by atoms with Crippen molar-refractivity contribution in [2.45, 2.75) is 27.2 Å². The Morgan fingerprint density at radius 3 is 2.63 bits per heavy atom. The summed E-state index contributed by atoms with van der Waals surface area (Å²) in [5.41, 5.74) is 1.83. The minimum atomic E-state index is -0.956. The van der Waals surface area contributed by atoms with Crippen molar-refractivity contribution >= 4 is 28.2 Å². The van der Waals surface area contributed by atoms with Crippen molar-refractivity contribution in [2.75, 3.05) is 0 Å². The molecule has 0 aliphatic heterocycles. The van der Waals surface area contributed by atoms with E-state index >= 15 is 0 Å². The second kappa shape index (κ2) is 5.17. The lowest BCUT2D eigenvalue weighted by Crippen LogP contribution is -2.06. The highest BCUT2D eigenvalue weighted by atomic mass is 32.1. The fourth-order valence-electron chi connectivity index (χ4n) is 2.01. The quantitative estimate of drug-likeness (QED) is 0.773. The van der Waals surface area contributed by atoms with Gasteiger partial charge in [-0.15, -0.1) is 0 Å². The first-order chi connectivity index (χ1) is 8.95. The molecule has 0 atom stereocenters. The number of halogens is 2. The average Bonchev–Trinajstić information content (AvgIpc) is 2.36. The highest BCUT2D eigenvalue weighted by molar-refractivity contribution is 7.80. The van der Waals surface area contributed by atoms with E-state index in [4.69, 9.17) is 17.0 Å². The predicted molar refractivity (Wildman–Crippen MR) is 74.7 cm³/mol. The Morgan fingerprint density at radius 1 is 1.37 bits per heavy atom. The number of ether oxygens (including phenoxy) is 1. The van der Waals surface area contributed by atoms with E-state index in [-0.39, 0.29) is 16.2 Å². The van der Waals surface area contributed by atoms with Gasteiger partial charge in [-0.2, -0.15) is 0 Å². The summed E-state index contributed by atoms with van der Waals surface area (Å²) in [6.45, 7) is 5.29. The molecule has 0 aliphatic rings. The Morgan fingerprint density at radius 2 is 2.05 bits per heavy atom. The van der Waals surface area contributed by atoms with Gasteiger partial charge < -0.3 is 4.74 Å². The molecule has 0 saturated heterocycles. The molecule has 0 amide bonds. The number of aryl methyl sites for hydroxylation is 1. The molecule has 5 heteroatoms. The molecule has 1 aromatic carbocycles. The van der Waals surface area contributed by atoms with Crippen molar-refractivity contribution in [3.05, 3.63) is 35.0 Å². The Hall–Kier alpha value is -1.62. The molecular formula is C14H13F2NOS. The third kappa shape index (κ3) is 2.42. The molecule has 0 radical (unpaired) electrons. The molecule has 0 aliphatic carbocycles. The maximum Gasteiger partial charge on any atom is 0.171 e. The standard InChI is InChI=1S/C14H13F2NOS/c1-4-10-7(2)14(18-8(3)19)12-11(17-10)6-5-9(15)13(12)16/h5-6H,4H2,1-3H3. The van der Waals surface area contributed by atoms with Crippen molar-refractivity contribution in [1.82, 2.24) is 4.98 Å². The summed E-state index contributed by atoms with van der Waals surface area (Å²) in [5, 5.41) is 0.292. The van der Waals surface area contributed by atoms with Crippen molar-refractivity contribution in [3.8, 4) is 5.75 Å². The van der Waals surface area contributed by atoms with E-state index in [1.165, 1.54) is 6.07 Å². The number of benzene rings is 1. The van der Waals surface area contributed by atoms with Crippen LogP contribution in [0.1, 0.15) is 25.1 Å². The van der Waals surface area contributed by atoms with Gasteiger partial charge in [0.25, 0.3) is 0 Å². The van der Waals surface area contributed by atoms with Crippen LogP contribution in [0, 0.1) is 18.6 Å². The molecule has 0 bridgehead atoms. The van der Waals surface area contributed by atoms with Gasteiger partial charge in [0, 0.05) is 18.2 Å². The van der Waals surface area contributed by atoms with Crippen LogP contribution in [0.25, 0.3) is 10.9 Å². The summed E-state index contributed by atoms with van der Waals surface area (Å²) >= 11 is 4.90. The molecule has 0 N–H and O–H groups in total. The van der Waals surface area contributed by atoms with Crippen LogP contribution in [0.15, 0.2) is 12.1 Å². The Kier molecular flexibility index (Phi) is 3.75. The van der Waals surface area contributed by atoms with Crippen LogP contribution in [0.3, 0.4) is 0 Å². The highest BCUT2D eigenvalue weighted by Crippen LogP contribution is 2.33. The molecule has 1 aromatic heterocycles. The fourth-order valence-corrected chi connectivity index (χ4v) is 2.10. The number of fused-ring (bicyclic) bond motifs is 1. The largest absolute Gasteiger partial charge is 0.449 e. The molecule has 0 spiro atoms. The van der Waals surface area contributed by atoms with Gasteiger partial charge in [-0.3, -0.25) is 4.98 Å². The maximum atomic E-state index is 14.0. The number of hydrogen-bond donors (Lipinski definition) is 0. The van der Waals surface area contributed by atoms with Crippen molar-refractivity contribution < 1.29 is 13.5 Å². The van der Waals surface area contributed by atoms with Gasteiger partial charge in [-0.05, 0) is 37.7 Å². The van der Waals surface area contributed by atoms with Crippen molar-refractivity contribution in [2.24, 2.45) is 0 Å². The maximum absolute atomic E-state index is 14.0. The van der Waals surface area contributed by atoms with Crippen molar-refractivity contribution in [1.29, 1.82) is 0 Å². The zero-order valence-electron chi connectivity index (χ0n) is 10.9. The predicted octanol–water partition coefficient (Wildman–Crippen LogP) is 4.11. The molecule has 1 heterocycles. The number of rotatable bonds is 2. The van der Waals surface area contributed by atoms with E-state index in [0.29, 0.717) is 17.5 Å². The first kappa shape index (κ1) is 13.8. The van der Waals surface area contributed by atoms with Crippen LogP contribution in [0.4, 0.5) is 8.78 Å². The Balaban J connectivity index is 2.88. The molecule has 100 valence electrons. The molecular weight excluding hydrogens is 268 g/mol. The fraction of sp³-hybridized carbons (Fsp3) is 0.286. The van der Waals surface area contributed by atoms with E-state index in [2.05, 4.69) is 4.98 Å². The average molecular weight is 281 g/mol. The smallest absolute Gasteiger partial charge is 0.171 e. The van der Waals surface area contributed by atoms with E-state index in [1.807, 2.05) is 6.92 Å². The number of pyridine rings is 1. The third-order valence-electron chi connectivity index (χ3n) is 2.91. The molecule has 2 aromatic rings. The molecule has 2 rings (SSSR count).